The molecule has 8 rings (SSSR count). The van der Waals surface area contributed by atoms with Crippen LogP contribution in [0.4, 0.5) is 16.2 Å². The maximum atomic E-state index is 12.6. The topological polar surface area (TPSA) is 248 Å². The molecule has 0 aliphatic heterocycles. The molecule has 0 unspecified atom stereocenters. The van der Waals surface area contributed by atoms with Crippen LogP contribution in [0, 0.1) is 22.7 Å². The highest BCUT2D eigenvalue weighted by atomic mass is 32.2. The number of benzene rings is 2. The quantitative estimate of drug-likeness (QED) is 0.157. The summed E-state index contributed by atoms with van der Waals surface area (Å²) < 4.78 is 51.8. The lowest BCUT2D eigenvalue weighted by atomic mass is 9.93. The Bertz CT molecular complexity index is 2570. The number of hydrogen-bond acceptors (Lipinski definition) is 11. The number of primary sulfonamides is 1. The molecule has 2 amide bonds. The van der Waals surface area contributed by atoms with Crippen LogP contribution < -0.4 is 15.2 Å². The zero-order valence-electron chi connectivity index (χ0n) is 32.9. The highest BCUT2D eigenvalue weighted by Crippen LogP contribution is 2.43. The fourth-order valence-electron chi connectivity index (χ4n) is 8.31. The zero-order valence-corrected chi connectivity index (χ0v) is 34.6. The molecule has 0 spiro atoms. The first kappa shape index (κ1) is 42.0. The second kappa shape index (κ2) is 17.1. The Hall–Kier alpha value is -5.65. The first-order valence-electron chi connectivity index (χ1n) is 19.3. The standard InChI is InChI=1S/C20H23N5O3S.C14H12N2O.C6H11N3O2S/c1-12(2)25-10-9-18(23-25)29(27,28)24-20(26)22-19-15-7-3-5-13(15)17(11-21)14-6-4-8-16(14)19;15-7-13-9-3-1-5-11(9)14(16-8-17)12-6-2-4-10(12)13;1-5(2)9-4-3-6(8-9)12(7,10)11/h9-10,12H,3-8H2,1-2H3,(H2,22,24,26);1-6H2;3-5H,1-2H3,(H2,7,10,11). The van der Waals surface area contributed by atoms with E-state index < -0.39 is 26.1 Å². The molecule has 2 heterocycles. The van der Waals surface area contributed by atoms with Gasteiger partial charge in [-0.05, 0) is 161 Å². The second-order valence-electron chi connectivity index (χ2n) is 15.2. The van der Waals surface area contributed by atoms with Crippen LogP contribution in [0.15, 0.2) is 39.6 Å². The van der Waals surface area contributed by atoms with Gasteiger partial charge in [0.25, 0.3) is 20.0 Å². The lowest BCUT2D eigenvalue weighted by Gasteiger charge is -2.18. The van der Waals surface area contributed by atoms with E-state index >= 15 is 0 Å². The lowest BCUT2D eigenvalue weighted by Crippen LogP contribution is -2.35. The summed E-state index contributed by atoms with van der Waals surface area (Å²) in [6, 6.07) is 6.80. The summed E-state index contributed by atoms with van der Waals surface area (Å²) in [7, 11) is -7.73. The molecule has 0 radical (unpaired) electrons. The third-order valence-corrected chi connectivity index (χ3v) is 12.9. The van der Waals surface area contributed by atoms with Gasteiger partial charge in [0, 0.05) is 30.2 Å². The number of hydrogen-bond donors (Lipinski definition) is 3. The molecule has 4 aromatic rings. The number of nitrogens with one attached hydrogen (secondary N) is 2. The molecule has 2 aromatic heterocycles. The van der Waals surface area contributed by atoms with E-state index in [9.17, 15) is 36.9 Å². The largest absolute Gasteiger partial charge is 0.333 e. The Balaban J connectivity index is 0.000000164. The van der Waals surface area contributed by atoms with Gasteiger partial charge in [-0.15, -0.1) is 0 Å². The minimum atomic E-state index is -4.08. The van der Waals surface area contributed by atoms with Crippen LogP contribution >= 0.6 is 0 Å². The van der Waals surface area contributed by atoms with E-state index in [1.54, 1.807) is 23.2 Å². The van der Waals surface area contributed by atoms with Gasteiger partial charge in [-0.1, -0.05) is 0 Å². The molecule has 16 nitrogen and oxygen atoms in total. The first-order valence-corrected chi connectivity index (χ1v) is 22.4. The summed E-state index contributed by atoms with van der Waals surface area (Å²) >= 11 is 0. The van der Waals surface area contributed by atoms with Gasteiger partial charge in [0.05, 0.1) is 29.0 Å². The summed E-state index contributed by atoms with van der Waals surface area (Å²) in [5.41, 5.74) is 11.6. The normalized spacial score (nSPS) is 14.8. The molecule has 18 heteroatoms. The average molecular weight is 827 g/mol. The molecular weight excluding hydrogens is 781 g/mol. The van der Waals surface area contributed by atoms with Gasteiger partial charge in [-0.25, -0.2) is 27.9 Å². The van der Waals surface area contributed by atoms with E-state index in [1.165, 1.54) is 16.8 Å². The van der Waals surface area contributed by atoms with E-state index in [2.05, 4.69) is 37.4 Å². The fraction of sp³-hybridized carbons (Fsp3) is 0.450. The number of fused-ring (bicyclic) bond motifs is 4. The molecule has 2 aromatic carbocycles. The van der Waals surface area contributed by atoms with Crippen LogP contribution in [0.1, 0.15) is 121 Å². The minimum absolute atomic E-state index is 0.0107. The molecule has 4 aliphatic carbocycles. The SMILES string of the molecule is CC(C)n1ccc(S(=O)(=O)NC(=O)Nc2c3c(c(C#N)c4c2CCC4)CCC3)n1.CC(C)n1ccc(S(N)(=O)=O)n1.N#Cc1c2c(c(N=C=O)c3c1CCC3)CCC2. The first-order chi connectivity index (χ1) is 27.6. The molecule has 0 saturated heterocycles. The summed E-state index contributed by atoms with van der Waals surface area (Å²) in [5, 5.41) is 34.1. The van der Waals surface area contributed by atoms with E-state index in [0.717, 1.165) is 138 Å². The number of nitriles is 2. The van der Waals surface area contributed by atoms with Crippen LogP contribution in [0.5, 0.6) is 0 Å². The van der Waals surface area contributed by atoms with Gasteiger partial charge in [0.1, 0.15) is 0 Å². The zero-order chi connectivity index (χ0) is 41.9. The van der Waals surface area contributed by atoms with E-state index in [1.807, 2.05) is 27.7 Å². The average Bonchev–Trinajstić information content (AvgIpc) is 4.02. The number of aliphatic imine (C=N–C) groups is 1. The van der Waals surface area contributed by atoms with Crippen molar-refractivity contribution in [2.24, 2.45) is 10.1 Å². The van der Waals surface area contributed by atoms with Gasteiger partial charge in [-0.3, -0.25) is 9.36 Å². The molecule has 0 atom stereocenters. The Morgan fingerprint density at radius 3 is 1.48 bits per heavy atom. The van der Waals surface area contributed by atoms with Crippen molar-refractivity contribution in [1.29, 1.82) is 10.5 Å². The summed E-state index contributed by atoms with van der Waals surface area (Å²) in [6.07, 6.45) is 15.8. The van der Waals surface area contributed by atoms with Crippen LogP contribution in [-0.2, 0) is 76.2 Å². The molecule has 4 N–H and O–H groups in total. The van der Waals surface area contributed by atoms with Gasteiger partial charge < -0.3 is 5.32 Å². The molecule has 4 aliphatic rings. The van der Waals surface area contributed by atoms with E-state index in [4.69, 9.17) is 5.14 Å². The van der Waals surface area contributed by atoms with Crippen molar-refractivity contribution in [2.75, 3.05) is 5.32 Å². The number of nitrogens with two attached hydrogens (primary N) is 1. The van der Waals surface area contributed by atoms with Crippen molar-refractivity contribution in [3.63, 3.8) is 0 Å². The maximum absolute atomic E-state index is 12.6. The van der Waals surface area contributed by atoms with Crippen molar-refractivity contribution in [1.82, 2.24) is 24.3 Å². The van der Waals surface area contributed by atoms with E-state index in [-0.39, 0.29) is 22.1 Å². The predicted octanol–water partition coefficient (Wildman–Crippen LogP) is 5.44. The number of urea groups is 1. The second-order valence-corrected chi connectivity index (χ2v) is 18.3. The Morgan fingerprint density at radius 1 is 0.707 bits per heavy atom. The minimum Gasteiger partial charge on any atom is -0.307 e. The lowest BCUT2D eigenvalue weighted by molar-refractivity contribution is 0.256. The number of aromatic nitrogens is 4. The van der Waals surface area contributed by atoms with Gasteiger partial charge in [0.2, 0.25) is 6.08 Å². The number of carbonyl (C=O) groups excluding carboxylic acids is 2. The predicted molar refractivity (Wildman–Crippen MR) is 214 cm³/mol. The third kappa shape index (κ3) is 8.47. The van der Waals surface area contributed by atoms with Crippen molar-refractivity contribution in [3.05, 3.63) is 80.2 Å². The monoisotopic (exact) mass is 826 g/mol. The molecule has 58 heavy (non-hydrogen) atoms. The van der Waals surface area contributed by atoms with Gasteiger partial charge in [-0.2, -0.15) is 34.1 Å². The number of sulfonamides is 2. The summed E-state index contributed by atoms with van der Waals surface area (Å²) in [6.45, 7) is 7.57. The number of amides is 2. The number of isocyanates is 1. The molecule has 0 bridgehead atoms. The summed E-state index contributed by atoms with van der Waals surface area (Å²) in [4.78, 5) is 27.1. The number of nitrogens with zero attached hydrogens (tertiary/aromatic N) is 7. The van der Waals surface area contributed by atoms with Crippen LogP contribution in [0.3, 0.4) is 0 Å². The fourth-order valence-corrected chi connectivity index (χ4v) is 9.61. The number of anilines is 1. The third-order valence-electron chi connectivity index (χ3n) is 10.9. The van der Waals surface area contributed by atoms with Crippen molar-refractivity contribution < 1.29 is 26.4 Å². The Morgan fingerprint density at radius 2 is 1.10 bits per heavy atom. The van der Waals surface area contributed by atoms with Crippen LogP contribution in [-0.4, -0.2) is 48.5 Å². The van der Waals surface area contributed by atoms with Crippen molar-refractivity contribution in [3.8, 4) is 12.1 Å². The maximum Gasteiger partial charge on any atom is 0.333 e. The Labute approximate surface area is 338 Å². The summed E-state index contributed by atoms with van der Waals surface area (Å²) in [5.74, 6) is 0. The highest BCUT2D eigenvalue weighted by molar-refractivity contribution is 7.90. The van der Waals surface area contributed by atoms with Crippen molar-refractivity contribution in [2.45, 2.75) is 127 Å². The van der Waals surface area contributed by atoms with Crippen LogP contribution in [0.2, 0.25) is 0 Å². The molecular formula is C40H46N10O6S2. The number of carbonyl (C=O) groups is 1. The van der Waals surface area contributed by atoms with Crippen LogP contribution in [0.25, 0.3) is 0 Å². The van der Waals surface area contributed by atoms with Gasteiger partial charge in [0.15, 0.2) is 10.1 Å². The molecule has 0 fully saturated rings. The highest BCUT2D eigenvalue weighted by Gasteiger charge is 2.31. The smallest absolute Gasteiger partial charge is 0.307 e. The molecule has 0 saturated carbocycles. The molecule has 304 valence electrons. The van der Waals surface area contributed by atoms with Crippen molar-refractivity contribution >= 4 is 43.5 Å². The Kier molecular flexibility index (Phi) is 12.3. The van der Waals surface area contributed by atoms with Gasteiger partial charge >= 0.3 is 6.03 Å². The number of rotatable bonds is 7. The van der Waals surface area contributed by atoms with E-state index in [0.29, 0.717) is 5.69 Å².